The van der Waals surface area contributed by atoms with Gasteiger partial charge in [0.25, 0.3) is 0 Å². The van der Waals surface area contributed by atoms with Crippen LogP contribution in [-0.2, 0) is 0 Å². The summed E-state index contributed by atoms with van der Waals surface area (Å²) in [5.74, 6) is 0.686. The molecule has 0 radical (unpaired) electrons. The van der Waals surface area contributed by atoms with Crippen molar-refractivity contribution in [3.05, 3.63) is 182 Å². The maximum atomic E-state index is 6.22. The number of hydrogen-bond acceptors (Lipinski definition) is 3. The number of furan rings is 1. The van der Waals surface area contributed by atoms with Gasteiger partial charge in [0.15, 0.2) is 5.82 Å². The lowest BCUT2D eigenvalue weighted by Crippen LogP contribution is -1.96. The maximum Gasteiger partial charge on any atom is 0.160 e. The molecule has 0 saturated carbocycles. The Morgan fingerprint density at radius 1 is 0.327 bits per heavy atom. The highest BCUT2D eigenvalue weighted by Gasteiger charge is 2.15. The summed E-state index contributed by atoms with van der Waals surface area (Å²) in [7, 11) is 0. The van der Waals surface area contributed by atoms with E-state index in [0.29, 0.717) is 5.82 Å². The average Bonchev–Trinajstić information content (AvgIpc) is 3.58. The van der Waals surface area contributed by atoms with Crippen molar-refractivity contribution in [1.82, 2.24) is 9.97 Å². The van der Waals surface area contributed by atoms with Crippen molar-refractivity contribution in [2.45, 2.75) is 0 Å². The number of para-hydroxylation sites is 1. The fourth-order valence-corrected chi connectivity index (χ4v) is 6.67. The molecule has 0 atom stereocenters. The van der Waals surface area contributed by atoms with E-state index >= 15 is 0 Å². The Morgan fingerprint density at radius 2 is 0.837 bits per heavy atom. The summed E-state index contributed by atoms with van der Waals surface area (Å²) in [4.78, 5) is 10.4. The molecule has 0 aliphatic carbocycles. The van der Waals surface area contributed by atoms with E-state index in [4.69, 9.17) is 14.4 Å². The monoisotopic (exact) mass is 626 g/mol. The lowest BCUT2D eigenvalue weighted by atomic mass is 9.96. The van der Waals surface area contributed by atoms with Gasteiger partial charge in [-0.1, -0.05) is 152 Å². The summed E-state index contributed by atoms with van der Waals surface area (Å²) < 4.78 is 6.22. The Kier molecular flexibility index (Phi) is 7.14. The van der Waals surface area contributed by atoms with E-state index in [1.807, 2.05) is 30.3 Å². The second-order valence-corrected chi connectivity index (χ2v) is 12.2. The minimum Gasteiger partial charge on any atom is -0.456 e. The van der Waals surface area contributed by atoms with Crippen molar-refractivity contribution in [1.29, 1.82) is 0 Å². The predicted octanol–water partition coefficient (Wildman–Crippen LogP) is 12.4. The second kappa shape index (κ2) is 12.2. The van der Waals surface area contributed by atoms with Crippen molar-refractivity contribution < 1.29 is 4.42 Å². The summed E-state index contributed by atoms with van der Waals surface area (Å²) in [6.07, 6.45) is 0. The van der Waals surface area contributed by atoms with Crippen LogP contribution in [0.25, 0.3) is 89.2 Å². The summed E-state index contributed by atoms with van der Waals surface area (Å²) >= 11 is 0. The number of rotatable bonds is 6. The molecule has 0 fully saturated rings. The molecule has 0 amide bonds. The van der Waals surface area contributed by atoms with Gasteiger partial charge < -0.3 is 4.42 Å². The van der Waals surface area contributed by atoms with Crippen LogP contribution in [0.2, 0.25) is 0 Å². The lowest BCUT2D eigenvalue weighted by molar-refractivity contribution is 0.669. The summed E-state index contributed by atoms with van der Waals surface area (Å²) in [5.41, 5.74) is 13.4. The van der Waals surface area contributed by atoms with Gasteiger partial charge in [0.1, 0.15) is 11.2 Å². The summed E-state index contributed by atoms with van der Waals surface area (Å²) in [5, 5.41) is 2.23. The molecule has 230 valence electrons. The molecule has 9 aromatic rings. The molecular formula is C46H30N2O. The summed E-state index contributed by atoms with van der Waals surface area (Å²) in [6, 6.07) is 63.2. The zero-order valence-corrected chi connectivity index (χ0v) is 26.6. The SMILES string of the molecule is c1ccc(-c2ccc(-c3cc(-c4cccc(-c5cccc6oc7ccccc7c56)c4)nc(-c4cccc(-c5ccccc5)c4)n3)cc2)cc1. The first-order valence-corrected chi connectivity index (χ1v) is 16.5. The molecule has 3 nitrogen and oxygen atoms in total. The average molecular weight is 627 g/mol. The van der Waals surface area contributed by atoms with Crippen LogP contribution in [-0.4, -0.2) is 9.97 Å². The molecule has 2 heterocycles. The topological polar surface area (TPSA) is 38.9 Å². The van der Waals surface area contributed by atoms with Crippen molar-refractivity contribution >= 4 is 21.9 Å². The second-order valence-electron chi connectivity index (χ2n) is 12.2. The van der Waals surface area contributed by atoms with Crippen LogP contribution < -0.4 is 0 Å². The van der Waals surface area contributed by atoms with Crippen LogP contribution in [0.4, 0.5) is 0 Å². The van der Waals surface area contributed by atoms with Gasteiger partial charge in [-0.3, -0.25) is 0 Å². The number of nitrogens with zero attached hydrogens (tertiary/aromatic N) is 2. The highest BCUT2D eigenvalue weighted by Crippen LogP contribution is 2.38. The van der Waals surface area contributed by atoms with Gasteiger partial charge in [0.2, 0.25) is 0 Å². The van der Waals surface area contributed by atoms with E-state index in [2.05, 4.69) is 152 Å². The van der Waals surface area contributed by atoms with Crippen LogP contribution >= 0.6 is 0 Å². The molecule has 0 spiro atoms. The molecular weight excluding hydrogens is 597 g/mol. The smallest absolute Gasteiger partial charge is 0.160 e. The molecule has 7 aromatic carbocycles. The molecule has 0 aliphatic rings. The maximum absolute atomic E-state index is 6.22. The first-order chi connectivity index (χ1) is 24.3. The number of aromatic nitrogens is 2. The largest absolute Gasteiger partial charge is 0.456 e. The number of benzene rings is 7. The van der Waals surface area contributed by atoms with E-state index in [1.54, 1.807) is 0 Å². The number of fused-ring (bicyclic) bond motifs is 3. The third-order valence-corrected chi connectivity index (χ3v) is 9.11. The lowest BCUT2D eigenvalue weighted by Gasteiger charge is -2.12. The Bertz CT molecular complexity index is 2590. The third-order valence-electron chi connectivity index (χ3n) is 9.11. The van der Waals surface area contributed by atoms with E-state index in [1.165, 1.54) is 11.1 Å². The molecule has 0 saturated heterocycles. The molecule has 0 unspecified atom stereocenters. The van der Waals surface area contributed by atoms with Gasteiger partial charge in [-0.2, -0.15) is 0 Å². The minimum atomic E-state index is 0.686. The Labute approximate surface area is 284 Å². The fraction of sp³-hybridized carbons (Fsp3) is 0. The van der Waals surface area contributed by atoms with Gasteiger partial charge in [0, 0.05) is 27.5 Å². The Morgan fingerprint density at radius 3 is 1.61 bits per heavy atom. The molecule has 0 bridgehead atoms. The van der Waals surface area contributed by atoms with Gasteiger partial charge in [-0.15, -0.1) is 0 Å². The predicted molar refractivity (Wildman–Crippen MR) is 202 cm³/mol. The van der Waals surface area contributed by atoms with E-state index < -0.39 is 0 Å². The zero-order chi connectivity index (χ0) is 32.6. The van der Waals surface area contributed by atoms with Crippen molar-refractivity contribution in [3.63, 3.8) is 0 Å². The molecule has 9 rings (SSSR count). The van der Waals surface area contributed by atoms with E-state index in [-0.39, 0.29) is 0 Å². The first kappa shape index (κ1) is 28.6. The van der Waals surface area contributed by atoms with E-state index in [9.17, 15) is 0 Å². The normalized spacial score (nSPS) is 11.3. The van der Waals surface area contributed by atoms with Gasteiger partial charge >= 0.3 is 0 Å². The quantitative estimate of drug-likeness (QED) is 0.184. The number of hydrogen-bond donors (Lipinski definition) is 0. The first-order valence-electron chi connectivity index (χ1n) is 16.5. The van der Waals surface area contributed by atoms with Crippen LogP contribution in [0.3, 0.4) is 0 Å². The van der Waals surface area contributed by atoms with E-state index in [0.717, 1.165) is 72.3 Å². The fourth-order valence-electron chi connectivity index (χ4n) is 6.67. The summed E-state index contributed by atoms with van der Waals surface area (Å²) in [6.45, 7) is 0. The molecule has 0 N–H and O–H groups in total. The minimum absolute atomic E-state index is 0.686. The standard InChI is InChI=1S/C46H30N2O/c1-3-12-31(13-4-1)33-24-26-34(27-25-33)41-30-42(48-46(47-41)38-19-9-16-35(28-38)32-14-5-2-6-15-32)37-18-10-17-36(29-37)39-21-11-23-44-45(39)40-20-7-8-22-43(40)49-44/h1-30H. The van der Waals surface area contributed by atoms with Crippen molar-refractivity contribution in [3.8, 4) is 67.3 Å². The highest BCUT2D eigenvalue weighted by atomic mass is 16.3. The van der Waals surface area contributed by atoms with Gasteiger partial charge in [-0.05, 0) is 63.7 Å². The van der Waals surface area contributed by atoms with Crippen molar-refractivity contribution in [2.75, 3.05) is 0 Å². The molecule has 3 heteroatoms. The molecule has 0 aliphatic heterocycles. The van der Waals surface area contributed by atoms with Gasteiger partial charge in [-0.25, -0.2) is 9.97 Å². The van der Waals surface area contributed by atoms with Crippen LogP contribution in [0.1, 0.15) is 0 Å². The third kappa shape index (κ3) is 5.48. The molecule has 49 heavy (non-hydrogen) atoms. The molecule has 2 aromatic heterocycles. The highest BCUT2D eigenvalue weighted by molar-refractivity contribution is 6.12. The van der Waals surface area contributed by atoms with Crippen LogP contribution in [0.15, 0.2) is 186 Å². The zero-order valence-electron chi connectivity index (χ0n) is 26.6. The van der Waals surface area contributed by atoms with Crippen LogP contribution in [0, 0.1) is 0 Å². The van der Waals surface area contributed by atoms with Crippen molar-refractivity contribution in [2.24, 2.45) is 0 Å². The van der Waals surface area contributed by atoms with Crippen LogP contribution in [0.5, 0.6) is 0 Å². The van der Waals surface area contributed by atoms with Gasteiger partial charge in [0.05, 0.1) is 11.4 Å². The Balaban J connectivity index is 1.19. The Hall–Kier alpha value is -6.58.